The van der Waals surface area contributed by atoms with Crippen molar-refractivity contribution in [1.29, 1.82) is 0 Å². The van der Waals surface area contributed by atoms with Crippen molar-refractivity contribution >= 4 is 16.7 Å². The number of benzene rings is 1. The molecule has 0 bridgehead atoms. The fourth-order valence-electron chi connectivity index (χ4n) is 1.44. The standard InChI is InChI=1S/C10H10N4O3/c15-14(16)17-6-5-11-10-8-3-1-2-4-9(8)12-7-13-10/h1-4,7H,5-6H2,(H,11,12,13). The zero-order chi connectivity index (χ0) is 12.1. The zero-order valence-corrected chi connectivity index (χ0v) is 8.87. The summed E-state index contributed by atoms with van der Waals surface area (Å²) in [7, 11) is 0. The van der Waals surface area contributed by atoms with Crippen LogP contribution < -0.4 is 5.32 Å². The number of nitrogens with zero attached hydrogens (tertiary/aromatic N) is 3. The number of hydrogen-bond donors (Lipinski definition) is 1. The van der Waals surface area contributed by atoms with Crippen LogP contribution in [0, 0.1) is 10.1 Å². The summed E-state index contributed by atoms with van der Waals surface area (Å²) >= 11 is 0. The second-order valence-corrected chi connectivity index (χ2v) is 3.22. The van der Waals surface area contributed by atoms with Crippen molar-refractivity contribution in [1.82, 2.24) is 9.97 Å². The number of hydrogen-bond acceptors (Lipinski definition) is 6. The van der Waals surface area contributed by atoms with E-state index in [1.54, 1.807) is 0 Å². The zero-order valence-electron chi connectivity index (χ0n) is 8.87. The maximum Gasteiger partial charge on any atom is 0.294 e. The summed E-state index contributed by atoms with van der Waals surface area (Å²) in [5, 5.41) is 13.0. The Hall–Kier alpha value is -2.44. The molecule has 1 N–H and O–H groups in total. The molecule has 0 atom stereocenters. The Morgan fingerprint density at radius 3 is 3.00 bits per heavy atom. The predicted molar refractivity (Wildman–Crippen MR) is 61.0 cm³/mol. The third kappa shape index (κ3) is 2.77. The third-order valence-electron chi connectivity index (χ3n) is 2.13. The molecule has 2 rings (SSSR count). The highest BCUT2D eigenvalue weighted by atomic mass is 16.9. The average Bonchev–Trinajstić information content (AvgIpc) is 2.34. The molecular formula is C10H10N4O3. The number of para-hydroxylation sites is 1. The van der Waals surface area contributed by atoms with Crippen LogP contribution in [0.25, 0.3) is 10.9 Å². The lowest BCUT2D eigenvalue weighted by Gasteiger charge is -2.06. The first kappa shape index (κ1) is 11.1. The van der Waals surface area contributed by atoms with E-state index >= 15 is 0 Å². The summed E-state index contributed by atoms with van der Waals surface area (Å²) in [5.41, 5.74) is 0.820. The van der Waals surface area contributed by atoms with E-state index in [1.807, 2.05) is 24.3 Å². The molecule has 7 heteroatoms. The molecule has 0 aliphatic rings. The summed E-state index contributed by atoms with van der Waals surface area (Å²) < 4.78 is 0. The van der Waals surface area contributed by atoms with Gasteiger partial charge in [-0.3, -0.25) is 0 Å². The molecule has 7 nitrogen and oxygen atoms in total. The van der Waals surface area contributed by atoms with Crippen molar-refractivity contribution in [3.05, 3.63) is 40.7 Å². The van der Waals surface area contributed by atoms with Crippen LogP contribution in [0.2, 0.25) is 0 Å². The van der Waals surface area contributed by atoms with Gasteiger partial charge in [-0.15, -0.1) is 10.1 Å². The van der Waals surface area contributed by atoms with Gasteiger partial charge in [-0.05, 0) is 12.1 Å². The number of fused-ring (bicyclic) bond motifs is 1. The van der Waals surface area contributed by atoms with Gasteiger partial charge in [-0.1, -0.05) is 12.1 Å². The van der Waals surface area contributed by atoms with Crippen LogP contribution in [-0.2, 0) is 4.84 Å². The first-order valence-corrected chi connectivity index (χ1v) is 4.98. The second kappa shape index (κ2) is 5.06. The molecular weight excluding hydrogens is 224 g/mol. The van der Waals surface area contributed by atoms with Crippen molar-refractivity contribution in [2.75, 3.05) is 18.5 Å². The molecule has 2 aromatic rings. The Morgan fingerprint density at radius 1 is 1.35 bits per heavy atom. The molecule has 0 fully saturated rings. The molecule has 0 saturated heterocycles. The summed E-state index contributed by atoms with van der Waals surface area (Å²) in [6, 6.07) is 7.51. The highest BCUT2D eigenvalue weighted by molar-refractivity contribution is 5.88. The van der Waals surface area contributed by atoms with Crippen LogP contribution in [0.1, 0.15) is 0 Å². The van der Waals surface area contributed by atoms with Crippen molar-refractivity contribution in [2.45, 2.75) is 0 Å². The van der Waals surface area contributed by atoms with E-state index < -0.39 is 5.09 Å². The largest absolute Gasteiger partial charge is 0.368 e. The summed E-state index contributed by atoms with van der Waals surface area (Å²) in [5.74, 6) is 0.641. The minimum Gasteiger partial charge on any atom is -0.368 e. The lowest BCUT2D eigenvalue weighted by atomic mass is 10.2. The SMILES string of the molecule is O=[N+]([O-])OCCNc1ncnc2ccccc12. The minimum absolute atomic E-state index is 0.0225. The number of rotatable bonds is 5. The molecule has 1 heterocycles. The molecule has 0 aliphatic carbocycles. The predicted octanol–water partition coefficient (Wildman–Crippen LogP) is 1.25. The van der Waals surface area contributed by atoms with E-state index in [0.29, 0.717) is 12.4 Å². The Balaban J connectivity index is 2.05. The van der Waals surface area contributed by atoms with Gasteiger partial charge in [0.1, 0.15) is 18.8 Å². The van der Waals surface area contributed by atoms with Gasteiger partial charge >= 0.3 is 0 Å². The van der Waals surface area contributed by atoms with Crippen LogP contribution in [0.4, 0.5) is 5.82 Å². The van der Waals surface area contributed by atoms with Gasteiger partial charge in [0.25, 0.3) is 5.09 Å². The van der Waals surface area contributed by atoms with Gasteiger partial charge in [-0.2, -0.15) is 0 Å². The lowest BCUT2D eigenvalue weighted by molar-refractivity contribution is -0.757. The van der Waals surface area contributed by atoms with E-state index in [0.717, 1.165) is 10.9 Å². The molecule has 88 valence electrons. The van der Waals surface area contributed by atoms with E-state index in [1.165, 1.54) is 6.33 Å². The quantitative estimate of drug-likeness (QED) is 0.475. The highest BCUT2D eigenvalue weighted by Gasteiger charge is 2.02. The second-order valence-electron chi connectivity index (χ2n) is 3.22. The molecule has 1 aromatic heterocycles. The van der Waals surface area contributed by atoms with E-state index in [2.05, 4.69) is 20.1 Å². The van der Waals surface area contributed by atoms with Gasteiger partial charge in [-0.25, -0.2) is 9.97 Å². The first-order valence-electron chi connectivity index (χ1n) is 4.98. The molecule has 0 saturated carbocycles. The summed E-state index contributed by atoms with van der Waals surface area (Å²) in [4.78, 5) is 22.3. The van der Waals surface area contributed by atoms with E-state index in [9.17, 15) is 10.1 Å². The molecule has 1 aromatic carbocycles. The fourth-order valence-corrected chi connectivity index (χ4v) is 1.44. The molecule has 17 heavy (non-hydrogen) atoms. The molecule has 0 amide bonds. The molecule has 0 unspecified atom stereocenters. The van der Waals surface area contributed by atoms with Crippen molar-refractivity contribution in [3.8, 4) is 0 Å². The summed E-state index contributed by atoms with van der Waals surface area (Å²) in [6.45, 7) is 0.285. The Kier molecular flexibility index (Phi) is 3.29. The summed E-state index contributed by atoms with van der Waals surface area (Å²) in [6.07, 6.45) is 1.44. The van der Waals surface area contributed by atoms with Crippen LogP contribution in [0.5, 0.6) is 0 Å². The smallest absolute Gasteiger partial charge is 0.294 e. The van der Waals surface area contributed by atoms with E-state index in [4.69, 9.17) is 0 Å². The Bertz CT molecular complexity index is 526. The van der Waals surface area contributed by atoms with Crippen molar-refractivity contribution < 1.29 is 9.92 Å². The highest BCUT2D eigenvalue weighted by Crippen LogP contribution is 2.17. The lowest BCUT2D eigenvalue weighted by Crippen LogP contribution is -2.13. The van der Waals surface area contributed by atoms with Gasteiger partial charge < -0.3 is 10.2 Å². The van der Waals surface area contributed by atoms with Gasteiger partial charge in [0.15, 0.2) is 0 Å². The molecule has 0 aliphatic heterocycles. The molecule has 0 radical (unpaired) electrons. The van der Waals surface area contributed by atoms with E-state index in [-0.39, 0.29) is 6.61 Å². The monoisotopic (exact) mass is 234 g/mol. The number of anilines is 1. The first-order chi connectivity index (χ1) is 8.27. The van der Waals surface area contributed by atoms with Crippen LogP contribution in [-0.4, -0.2) is 28.2 Å². The normalized spacial score (nSPS) is 10.1. The van der Waals surface area contributed by atoms with Gasteiger partial charge in [0, 0.05) is 11.9 Å². The van der Waals surface area contributed by atoms with Crippen molar-refractivity contribution in [3.63, 3.8) is 0 Å². The van der Waals surface area contributed by atoms with Crippen molar-refractivity contribution in [2.24, 2.45) is 0 Å². The fraction of sp³-hybridized carbons (Fsp3) is 0.200. The van der Waals surface area contributed by atoms with Crippen LogP contribution >= 0.6 is 0 Å². The Morgan fingerprint density at radius 2 is 2.18 bits per heavy atom. The third-order valence-corrected chi connectivity index (χ3v) is 2.13. The number of nitrogens with one attached hydrogen (secondary N) is 1. The topological polar surface area (TPSA) is 90.2 Å². The maximum absolute atomic E-state index is 9.95. The average molecular weight is 234 g/mol. The van der Waals surface area contributed by atoms with Gasteiger partial charge in [0.2, 0.25) is 0 Å². The van der Waals surface area contributed by atoms with Gasteiger partial charge in [0.05, 0.1) is 5.52 Å². The number of aromatic nitrogens is 2. The minimum atomic E-state index is -0.820. The van der Waals surface area contributed by atoms with Crippen LogP contribution in [0.3, 0.4) is 0 Å². The molecule has 0 spiro atoms. The Labute approximate surface area is 96.6 Å². The maximum atomic E-state index is 9.95. The van der Waals surface area contributed by atoms with Crippen LogP contribution in [0.15, 0.2) is 30.6 Å².